The minimum atomic E-state index is 0.0878. The summed E-state index contributed by atoms with van der Waals surface area (Å²) in [6.45, 7) is 0.957. The third kappa shape index (κ3) is 2.31. The Kier molecular flexibility index (Phi) is 3.40. The summed E-state index contributed by atoms with van der Waals surface area (Å²) < 4.78 is 12.6. The average molecular weight is 295 g/mol. The molecule has 0 amide bonds. The minimum Gasteiger partial charge on any atom is -0.457 e. The molecule has 3 nitrogen and oxygen atoms in total. The van der Waals surface area contributed by atoms with E-state index in [0.29, 0.717) is 5.92 Å². The molecule has 0 radical (unpaired) electrons. The molecule has 3 heteroatoms. The largest absolute Gasteiger partial charge is 0.457 e. The Morgan fingerprint density at radius 1 is 0.955 bits per heavy atom. The van der Waals surface area contributed by atoms with Crippen molar-refractivity contribution < 1.29 is 9.47 Å². The standard InChI is InChI=1S/C19H21NO2/c1-20(2)12-13-11-16-14-7-3-5-9-17(14)22-18-10-6-4-8-15(18)19(16)21-13/h3-10,13,16,19H,11-12H2,1-2H3/t13-,16+,19+/m0/s1. The molecule has 2 aromatic rings. The second-order valence-electron chi connectivity index (χ2n) is 6.46. The molecular weight excluding hydrogens is 274 g/mol. The quantitative estimate of drug-likeness (QED) is 0.837. The smallest absolute Gasteiger partial charge is 0.133 e. The fourth-order valence-corrected chi connectivity index (χ4v) is 3.68. The van der Waals surface area contributed by atoms with Crippen LogP contribution < -0.4 is 4.74 Å². The van der Waals surface area contributed by atoms with E-state index in [-0.39, 0.29) is 12.2 Å². The van der Waals surface area contributed by atoms with E-state index < -0.39 is 0 Å². The molecule has 22 heavy (non-hydrogen) atoms. The number of rotatable bonds is 2. The number of ether oxygens (including phenoxy) is 2. The topological polar surface area (TPSA) is 21.7 Å². The van der Waals surface area contributed by atoms with E-state index in [9.17, 15) is 0 Å². The number of benzene rings is 2. The Labute approximate surface area is 131 Å². The molecular formula is C19H21NO2. The van der Waals surface area contributed by atoms with Gasteiger partial charge in [0.1, 0.15) is 11.5 Å². The molecule has 2 aliphatic rings. The fourth-order valence-electron chi connectivity index (χ4n) is 3.68. The van der Waals surface area contributed by atoms with E-state index in [4.69, 9.17) is 9.47 Å². The van der Waals surface area contributed by atoms with Crippen LogP contribution in [0.15, 0.2) is 48.5 Å². The van der Waals surface area contributed by atoms with Crippen LogP contribution in [0.2, 0.25) is 0 Å². The number of likely N-dealkylation sites (N-methyl/N-ethyl adjacent to an activating group) is 1. The third-order valence-electron chi connectivity index (χ3n) is 4.55. The zero-order valence-corrected chi connectivity index (χ0v) is 13.0. The van der Waals surface area contributed by atoms with Gasteiger partial charge in [-0.2, -0.15) is 0 Å². The summed E-state index contributed by atoms with van der Waals surface area (Å²) in [6.07, 6.45) is 1.39. The number of hydrogen-bond donors (Lipinski definition) is 0. The zero-order chi connectivity index (χ0) is 15.1. The van der Waals surface area contributed by atoms with Gasteiger partial charge < -0.3 is 14.4 Å². The molecule has 1 saturated heterocycles. The van der Waals surface area contributed by atoms with Crippen LogP contribution in [0.4, 0.5) is 0 Å². The van der Waals surface area contributed by atoms with Crippen molar-refractivity contribution in [3.63, 3.8) is 0 Å². The summed E-state index contributed by atoms with van der Waals surface area (Å²) in [6, 6.07) is 16.6. The molecule has 2 heterocycles. The number of nitrogens with zero attached hydrogens (tertiary/aromatic N) is 1. The molecule has 3 atom stereocenters. The highest BCUT2D eigenvalue weighted by atomic mass is 16.5. The van der Waals surface area contributed by atoms with Crippen molar-refractivity contribution in [2.75, 3.05) is 20.6 Å². The van der Waals surface area contributed by atoms with Crippen LogP contribution in [-0.2, 0) is 4.74 Å². The maximum absolute atomic E-state index is 6.42. The maximum Gasteiger partial charge on any atom is 0.133 e. The average Bonchev–Trinajstić information content (AvgIpc) is 2.85. The molecule has 2 aliphatic heterocycles. The zero-order valence-electron chi connectivity index (χ0n) is 13.0. The number of hydrogen-bond acceptors (Lipinski definition) is 3. The SMILES string of the molecule is CN(C)C[C@@H]1C[C@@H]2c3ccccc3Oc3ccccc3[C@H]2O1. The summed E-state index contributed by atoms with van der Waals surface area (Å²) in [5, 5.41) is 0. The highest BCUT2D eigenvalue weighted by Crippen LogP contribution is 2.52. The van der Waals surface area contributed by atoms with Crippen LogP contribution >= 0.6 is 0 Å². The molecule has 0 N–H and O–H groups in total. The van der Waals surface area contributed by atoms with Gasteiger partial charge in [0.15, 0.2) is 0 Å². The Bertz CT molecular complexity index is 629. The summed E-state index contributed by atoms with van der Waals surface area (Å²) in [4.78, 5) is 2.20. The van der Waals surface area contributed by atoms with Gasteiger partial charge in [-0.3, -0.25) is 0 Å². The highest BCUT2D eigenvalue weighted by molar-refractivity contribution is 5.49. The van der Waals surface area contributed by atoms with Gasteiger partial charge in [0, 0.05) is 23.6 Å². The maximum atomic E-state index is 6.42. The minimum absolute atomic E-state index is 0.0878. The molecule has 0 unspecified atom stereocenters. The Morgan fingerprint density at radius 3 is 2.32 bits per heavy atom. The number of fused-ring (bicyclic) bond motifs is 5. The van der Waals surface area contributed by atoms with Crippen molar-refractivity contribution in [1.82, 2.24) is 4.90 Å². The van der Waals surface area contributed by atoms with Crippen LogP contribution in [0.25, 0.3) is 0 Å². The summed E-state index contributed by atoms with van der Waals surface area (Å²) in [5.41, 5.74) is 2.44. The molecule has 114 valence electrons. The van der Waals surface area contributed by atoms with Gasteiger partial charge in [0.25, 0.3) is 0 Å². The Hall–Kier alpha value is -1.84. The van der Waals surface area contributed by atoms with Crippen LogP contribution in [-0.4, -0.2) is 31.6 Å². The van der Waals surface area contributed by atoms with Crippen molar-refractivity contribution in [2.24, 2.45) is 0 Å². The van der Waals surface area contributed by atoms with Crippen LogP contribution in [0, 0.1) is 0 Å². The van der Waals surface area contributed by atoms with Crippen LogP contribution in [0.5, 0.6) is 11.5 Å². The molecule has 0 saturated carbocycles. The van der Waals surface area contributed by atoms with Gasteiger partial charge >= 0.3 is 0 Å². The second kappa shape index (κ2) is 5.41. The van der Waals surface area contributed by atoms with Crippen molar-refractivity contribution in [2.45, 2.75) is 24.5 Å². The van der Waals surface area contributed by atoms with Gasteiger partial charge in [-0.25, -0.2) is 0 Å². The first-order valence-corrected chi connectivity index (χ1v) is 7.88. The lowest BCUT2D eigenvalue weighted by molar-refractivity contribution is 0.0271. The molecule has 4 rings (SSSR count). The highest BCUT2D eigenvalue weighted by Gasteiger charge is 2.41. The van der Waals surface area contributed by atoms with Gasteiger partial charge in [-0.1, -0.05) is 36.4 Å². The van der Waals surface area contributed by atoms with E-state index in [1.807, 2.05) is 18.2 Å². The third-order valence-corrected chi connectivity index (χ3v) is 4.55. The van der Waals surface area contributed by atoms with Crippen molar-refractivity contribution in [3.05, 3.63) is 59.7 Å². The predicted molar refractivity (Wildman–Crippen MR) is 86.5 cm³/mol. The summed E-state index contributed by atoms with van der Waals surface area (Å²) in [5.74, 6) is 2.26. The molecule has 2 aromatic carbocycles. The van der Waals surface area contributed by atoms with Crippen LogP contribution in [0.1, 0.15) is 29.6 Å². The van der Waals surface area contributed by atoms with E-state index in [0.717, 1.165) is 24.5 Å². The normalized spacial score (nSPS) is 25.9. The molecule has 0 aliphatic carbocycles. The Morgan fingerprint density at radius 2 is 1.59 bits per heavy atom. The van der Waals surface area contributed by atoms with E-state index in [1.54, 1.807) is 0 Å². The molecule has 0 spiro atoms. The Balaban J connectivity index is 1.79. The number of para-hydroxylation sites is 2. The first-order chi connectivity index (χ1) is 10.7. The lowest BCUT2D eigenvalue weighted by Gasteiger charge is -2.19. The lowest BCUT2D eigenvalue weighted by atomic mass is 9.87. The second-order valence-corrected chi connectivity index (χ2v) is 6.46. The predicted octanol–water partition coefficient (Wildman–Crippen LogP) is 3.97. The van der Waals surface area contributed by atoms with Gasteiger partial charge in [0.05, 0.1) is 12.2 Å². The molecule has 1 fully saturated rings. The summed E-state index contributed by atoms with van der Waals surface area (Å²) in [7, 11) is 4.20. The van der Waals surface area contributed by atoms with E-state index >= 15 is 0 Å². The first kappa shape index (κ1) is 13.8. The monoisotopic (exact) mass is 295 g/mol. The van der Waals surface area contributed by atoms with E-state index in [1.165, 1.54) is 11.1 Å². The fraction of sp³-hybridized carbons (Fsp3) is 0.368. The van der Waals surface area contributed by atoms with Crippen molar-refractivity contribution >= 4 is 0 Å². The van der Waals surface area contributed by atoms with E-state index in [2.05, 4.69) is 49.3 Å². The lowest BCUT2D eigenvalue weighted by Crippen LogP contribution is -2.25. The van der Waals surface area contributed by atoms with Gasteiger partial charge in [0.2, 0.25) is 0 Å². The summed E-state index contributed by atoms with van der Waals surface area (Å²) >= 11 is 0. The molecule has 0 bridgehead atoms. The molecule has 0 aromatic heterocycles. The van der Waals surface area contributed by atoms with Gasteiger partial charge in [-0.05, 0) is 32.6 Å². The first-order valence-electron chi connectivity index (χ1n) is 7.88. The van der Waals surface area contributed by atoms with Crippen molar-refractivity contribution in [1.29, 1.82) is 0 Å². The van der Waals surface area contributed by atoms with Crippen molar-refractivity contribution in [3.8, 4) is 11.5 Å². The van der Waals surface area contributed by atoms with Crippen LogP contribution in [0.3, 0.4) is 0 Å². The van der Waals surface area contributed by atoms with Gasteiger partial charge in [-0.15, -0.1) is 0 Å².